The number of hydrogen-bond donors (Lipinski definition) is 1. The standard InChI is InChI=1S/C15H23FN2/c1-11(2)15-10-18(8-7-17-15)12(3)13-5-4-6-14(16)9-13/h4-6,9,11-12,15,17H,7-8,10H2,1-3H3. The lowest BCUT2D eigenvalue weighted by Crippen LogP contribution is -2.53. The third-order valence-corrected chi connectivity index (χ3v) is 3.92. The average molecular weight is 250 g/mol. The number of piperazine rings is 1. The van der Waals surface area contributed by atoms with Crippen molar-refractivity contribution in [1.82, 2.24) is 10.2 Å². The zero-order valence-corrected chi connectivity index (χ0v) is 11.5. The fourth-order valence-corrected chi connectivity index (χ4v) is 2.58. The van der Waals surface area contributed by atoms with Gasteiger partial charge < -0.3 is 5.32 Å². The van der Waals surface area contributed by atoms with Gasteiger partial charge in [0.05, 0.1) is 0 Å². The van der Waals surface area contributed by atoms with E-state index in [2.05, 4.69) is 31.0 Å². The van der Waals surface area contributed by atoms with Crippen molar-refractivity contribution in [1.29, 1.82) is 0 Å². The van der Waals surface area contributed by atoms with Crippen molar-refractivity contribution in [3.63, 3.8) is 0 Å². The second-order valence-corrected chi connectivity index (χ2v) is 5.53. The molecule has 1 aromatic rings. The minimum Gasteiger partial charge on any atom is -0.311 e. The Hall–Kier alpha value is -0.930. The fourth-order valence-electron chi connectivity index (χ4n) is 2.58. The Morgan fingerprint density at radius 2 is 2.11 bits per heavy atom. The lowest BCUT2D eigenvalue weighted by molar-refractivity contribution is 0.134. The molecule has 1 heterocycles. The van der Waals surface area contributed by atoms with Gasteiger partial charge in [-0.05, 0) is 30.5 Å². The highest BCUT2D eigenvalue weighted by molar-refractivity contribution is 5.20. The molecule has 1 aliphatic heterocycles. The van der Waals surface area contributed by atoms with Gasteiger partial charge >= 0.3 is 0 Å². The number of nitrogens with zero attached hydrogens (tertiary/aromatic N) is 1. The van der Waals surface area contributed by atoms with Crippen molar-refractivity contribution < 1.29 is 4.39 Å². The first-order valence-corrected chi connectivity index (χ1v) is 6.81. The van der Waals surface area contributed by atoms with Crippen molar-refractivity contribution in [2.45, 2.75) is 32.9 Å². The first kappa shape index (κ1) is 13.5. The molecule has 3 heteroatoms. The molecule has 2 atom stereocenters. The molecule has 2 rings (SSSR count). The maximum absolute atomic E-state index is 13.3. The molecule has 18 heavy (non-hydrogen) atoms. The third-order valence-electron chi connectivity index (χ3n) is 3.92. The van der Waals surface area contributed by atoms with E-state index >= 15 is 0 Å². The third kappa shape index (κ3) is 3.09. The zero-order valence-electron chi connectivity index (χ0n) is 11.5. The quantitative estimate of drug-likeness (QED) is 0.887. The molecular formula is C15H23FN2. The van der Waals surface area contributed by atoms with Crippen LogP contribution < -0.4 is 5.32 Å². The normalized spacial score (nSPS) is 23.3. The van der Waals surface area contributed by atoms with E-state index in [-0.39, 0.29) is 11.9 Å². The van der Waals surface area contributed by atoms with E-state index < -0.39 is 0 Å². The molecule has 100 valence electrons. The Morgan fingerprint density at radius 3 is 2.78 bits per heavy atom. The first-order valence-electron chi connectivity index (χ1n) is 6.81. The van der Waals surface area contributed by atoms with E-state index in [0.717, 1.165) is 25.2 Å². The molecule has 0 aromatic heterocycles. The van der Waals surface area contributed by atoms with Gasteiger partial charge in [-0.2, -0.15) is 0 Å². The van der Waals surface area contributed by atoms with Crippen LogP contribution in [0.4, 0.5) is 4.39 Å². The van der Waals surface area contributed by atoms with Crippen LogP contribution in [0.1, 0.15) is 32.4 Å². The molecule has 0 aliphatic carbocycles. The summed E-state index contributed by atoms with van der Waals surface area (Å²) in [4.78, 5) is 2.44. The minimum atomic E-state index is -0.144. The van der Waals surface area contributed by atoms with E-state index in [9.17, 15) is 4.39 Å². The molecule has 0 saturated carbocycles. The summed E-state index contributed by atoms with van der Waals surface area (Å²) in [7, 11) is 0. The van der Waals surface area contributed by atoms with Crippen LogP contribution in [0.5, 0.6) is 0 Å². The second-order valence-electron chi connectivity index (χ2n) is 5.53. The van der Waals surface area contributed by atoms with Crippen LogP contribution in [0.15, 0.2) is 24.3 Å². The lowest BCUT2D eigenvalue weighted by atomic mass is 9.99. The molecular weight excluding hydrogens is 227 g/mol. The number of benzene rings is 1. The molecule has 2 nitrogen and oxygen atoms in total. The Bertz CT molecular complexity index is 392. The second kappa shape index (κ2) is 5.81. The van der Waals surface area contributed by atoms with Crippen LogP contribution in [0.3, 0.4) is 0 Å². The Morgan fingerprint density at radius 1 is 1.33 bits per heavy atom. The van der Waals surface area contributed by atoms with Gasteiger partial charge in [-0.15, -0.1) is 0 Å². The van der Waals surface area contributed by atoms with Gasteiger partial charge in [-0.1, -0.05) is 26.0 Å². The van der Waals surface area contributed by atoms with Crippen molar-refractivity contribution >= 4 is 0 Å². The van der Waals surface area contributed by atoms with Crippen LogP contribution in [-0.4, -0.2) is 30.6 Å². The molecule has 1 N–H and O–H groups in total. The molecule has 0 bridgehead atoms. The van der Waals surface area contributed by atoms with Crippen molar-refractivity contribution in [2.75, 3.05) is 19.6 Å². The SMILES string of the molecule is CC(C)C1CN(C(C)c2cccc(F)c2)CCN1. The molecule has 0 radical (unpaired) electrons. The summed E-state index contributed by atoms with van der Waals surface area (Å²) in [6.07, 6.45) is 0. The summed E-state index contributed by atoms with van der Waals surface area (Å²) in [5.74, 6) is 0.488. The number of rotatable bonds is 3. The Balaban J connectivity index is 2.06. The monoisotopic (exact) mass is 250 g/mol. The van der Waals surface area contributed by atoms with Crippen LogP contribution in [-0.2, 0) is 0 Å². The lowest BCUT2D eigenvalue weighted by Gasteiger charge is -2.39. The molecule has 0 spiro atoms. The molecule has 1 aromatic carbocycles. The Labute approximate surface area is 109 Å². The summed E-state index contributed by atoms with van der Waals surface area (Å²) in [6.45, 7) is 9.73. The predicted octanol–water partition coefficient (Wildman–Crippen LogP) is 2.82. The fraction of sp³-hybridized carbons (Fsp3) is 0.600. The van der Waals surface area contributed by atoms with Gasteiger partial charge in [0, 0.05) is 31.7 Å². The summed E-state index contributed by atoms with van der Waals surface area (Å²) in [5, 5.41) is 3.55. The molecule has 1 aliphatic rings. The summed E-state index contributed by atoms with van der Waals surface area (Å²) in [6, 6.07) is 7.78. The van der Waals surface area contributed by atoms with Gasteiger partial charge in [0.1, 0.15) is 5.82 Å². The first-order chi connectivity index (χ1) is 8.58. The average Bonchev–Trinajstić information content (AvgIpc) is 2.38. The number of halogens is 1. The maximum Gasteiger partial charge on any atom is 0.123 e. The largest absolute Gasteiger partial charge is 0.311 e. The van der Waals surface area contributed by atoms with E-state index in [1.807, 2.05) is 6.07 Å². The highest BCUT2D eigenvalue weighted by atomic mass is 19.1. The van der Waals surface area contributed by atoms with Crippen LogP contribution in [0.2, 0.25) is 0 Å². The number of nitrogens with one attached hydrogen (secondary N) is 1. The molecule has 1 saturated heterocycles. The number of hydrogen-bond acceptors (Lipinski definition) is 2. The predicted molar refractivity (Wildman–Crippen MR) is 73.0 cm³/mol. The van der Waals surface area contributed by atoms with E-state index in [4.69, 9.17) is 0 Å². The van der Waals surface area contributed by atoms with Gasteiger partial charge in [0.15, 0.2) is 0 Å². The summed E-state index contributed by atoms with van der Waals surface area (Å²) < 4.78 is 13.3. The Kier molecular flexibility index (Phi) is 4.36. The molecule has 2 unspecified atom stereocenters. The smallest absolute Gasteiger partial charge is 0.123 e. The van der Waals surface area contributed by atoms with Crippen molar-refractivity contribution in [3.8, 4) is 0 Å². The maximum atomic E-state index is 13.3. The van der Waals surface area contributed by atoms with Crippen LogP contribution >= 0.6 is 0 Å². The van der Waals surface area contributed by atoms with Gasteiger partial charge in [0.2, 0.25) is 0 Å². The van der Waals surface area contributed by atoms with E-state index in [1.54, 1.807) is 12.1 Å². The highest BCUT2D eigenvalue weighted by Crippen LogP contribution is 2.23. The summed E-state index contributed by atoms with van der Waals surface area (Å²) >= 11 is 0. The molecule has 0 amide bonds. The van der Waals surface area contributed by atoms with Crippen molar-refractivity contribution in [3.05, 3.63) is 35.6 Å². The zero-order chi connectivity index (χ0) is 13.1. The molecule has 1 fully saturated rings. The van der Waals surface area contributed by atoms with Crippen molar-refractivity contribution in [2.24, 2.45) is 5.92 Å². The van der Waals surface area contributed by atoms with Gasteiger partial charge in [0.25, 0.3) is 0 Å². The summed E-state index contributed by atoms with van der Waals surface area (Å²) in [5.41, 5.74) is 1.07. The highest BCUT2D eigenvalue weighted by Gasteiger charge is 2.25. The van der Waals surface area contributed by atoms with E-state index in [1.165, 1.54) is 6.07 Å². The minimum absolute atomic E-state index is 0.144. The van der Waals surface area contributed by atoms with Crippen LogP contribution in [0, 0.1) is 11.7 Å². The van der Waals surface area contributed by atoms with Gasteiger partial charge in [-0.3, -0.25) is 4.90 Å². The van der Waals surface area contributed by atoms with Gasteiger partial charge in [-0.25, -0.2) is 4.39 Å². The van der Waals surface area contributed by atoms with E-state index in [0.29, 0.717) is 12.0 Å². The van der Waals surface area contributed by atoms with Crippen LogP contribution in [0.25, 0.3) is 0 Å². The topological polar surface area (TPSA) is 15.3 Å².